The third kappa shape index (κ3) is 4.25. The molecule has 148 valence electrons. The molecular weight excluding hydrogens is 392 g/mol. The van der Waals surface area contributed by atoms with Crippen LogP contribution >= 0.6 is 0 Å². The fraction of sp³-hybridized carbons (Fsp3) is 0.438. The van der Waals surface area contributed by atoms with E-state index in [4.69, 9.17) is 4.74 Å². The number of sulfonamides is 2. The van der Waals surface area contributed by atoms with E-state index in [1.54, 1.807) is 0 Å². The Morgan fingerprint density at radius 2 is 1.81 bits per heavy atom. The van der Waals surface area contributed by atoms with Crippen molar-refractivity contribution in [2.75, 3.05) is 24.9 Å². The van der Waals surface area contributed by atoms with Gasteiger partial charge >= 0.3 is 0 Å². The molecule has 1 aromatic heterocycles. The number of aromatic nitrogens is 2. The number of anilines is 1. The van der Waals surface area contributed by atoms with Gasteiger partial charge in [0.2, 0.25) is 10.0 Å². The first-order chi connectivity index (χ1) is 12.8. The molecule has 3 rings (SSSR count). The van der Waals surface area contributed by atoms with E-state index in [0.717, 1.165) is 31.9 Å². The van der Waals surface area contributed by atoms with E-state index in [0.29, 0.717) is 13.1 Å². The number of H-pyrrole nitrogens is 1. The number of methoxy groups -OCH3 is 1. The van der Waals surface area contributed by atoms with Crippen LogP contribution in [0.5, 0.6) is 5.75 Å². The van der Waals surface area contributed by atoms with E-state index in [9.17, 15) is 16.8 Å². The molecule has 0 unspecified atom stereocenters. The van der Waals surface area contributed by atoms with Crippen LogP contribution < -0.4 is 9.46 Å². The topological polar surface area (TPSA) is 121 Å². The predicted molar refractivity (Wildman–Crippen MR) is 99.6 cm³/mol. The van der Waals surface area contributed by atoms with Crippen molar-refractivity contribution in [3.05, 3.63) is 30.7 Å². The number of benzene rings is 1. The van der Waals surface area contributed by atoms with Crippen LogP contribution in [0.4, 0.5) is 5.69 Å². The van der Waals surface area contributed by atoms with Crippen LogP contribution in [0, 0.1) is 0 Å². The van der Waals surface area contributed by atoms with Crippen LogP contribution in [0.3, 0.4) is 0 Å². The second-order valence-electron chi connectivity index (χ2n) is 6.20. The molecule has 2 aromatic rings. The number of rotatable bonds is 6. The molecule has 0 radical (unpaired) electrons. The molecule has 0 spiro atoms. The summed E-state index contributed by atoms with van der Waals surface area (Å²) < 4.78 is 59.8. The number of hydrogen-bond acceptors (Lipinski definition) is 6. The Morgan fingerprint density at radius 1 is 1.11 bits per heavy atom. The summed E-state index contributed by atoms with van der Waals surface area (Å²) in [5.41, 5.74) is 0.0444. The third-order valence-corrected chi connectivity index (χ3v) is 7.57. The van der Waals surface area contributed by atoms with Crippen LogP contribution in [0.1, 0.15) is 25.7 Å². The van der Waals surface area contributed by atoms with Crippen LogP contribution in [-0.4, -0.2) is 51.3 Å². The molecule has 0 bridgehead atoms. The van der Waals surface area contributed by atoms with Crippen molar-refractivity contribution in [1.29, 1.82) is 0 Å². The lowest BCUT2D eigenvalue weighted by Crippen LogP contribution is -2.32. The van der Waals surface area contributed by atoms with E-state index in [2.05, 4.69) is 14.7 Å². The van der Waals surface area contributed by atoms with Gasteiger partial charge in [0, 0.05) is 13.1 Å². The number of nitrogens with zero attached hydrogens (tertiary/aromatic N) is 2. The van der Waals surface area contributed by atoms with Gasteiger partial charge in [-0.1, -0.05) is 12.8 Å². The molecule has 2 N–H and O–H groups in total. The van der Waals surface area contributed by atoms with E-state index in [1.807, 2.05) is 0 Å². The zero-order valence-corrected chi connectivity index (χ0v) is 16.5. The first-order valence-corrected chi connectivity index (χ1v) is 11.5. The first kappa shape index (κ1) is 19.6. The highest BCUT2D eigenvalue weighted by molar-refractivity contribution is 7.92. The fourth-order valence-corrected chi connectivity index (χ4v) is 5.46. The molecule has 0 atom stereocenters. The summed E-state index contributed by atoms with van der Waals surface area (Å²) in [5.74, 6) is 0.216. The number of ether oxygens (including phenoxy) is 1. The van der Waals surface area contributed by atoms with Gasteiger partial charge in [0.1, 0.15) is 5.75 Å². The molecule has 27 heavy (non-hydrogen) atoms. The highest BCUT2D eigenvalue weighted by atomic mass is 32.2. The van der Waals surface area contributed by atoms with Crippen molar-refractivity contribution in [2.24, 2.45) is 0 Å². The summed E-state index contributed by atoms with van der Waals surface area (Å²) in [4.78, 5) is 6.22. The van der Waals surface area contributed by atoms with Crippen LogP contribution in [0.2, 0.25) is 0 Å². The highest BCUT2D eigenvalue weighted by Crippen LogP contribution is 2.31. The van der Waals surface area contributed by atoms with Crippen molar-refractivity contribution in [1.82, 2.24) is 14.3 Å². The highest BCUT2D eigenvalue weighted by Gasteiger charge is 2.27. The van der Waals surface area contributed by atoms with Crippen molar-refractivity contribution >= 4 is 25.7 Å². The second-order valence-corrected chi connectivity index (χ2v) is 9.79. The first-order valence-electron chi connectivity index (χ1n) is 8.54. The van der Waals surface area contributed by atoms with Crippen molar-refractivity contribution in [2.45, 2.75) is 35.6 Å². The lowest BCUT2D eigenvalue weighted by molar-refractivity contribution is 0.415. The molecule has 0 aliphatic carbocycles. The second kappa shape index (κ2) is 7.87. The number of aromatic amines is 1. The minimum absolute atomic E-state index is 0.0208. The van der Waals surface area contributed by atoms with Gasteiger partial charge in [0.25, 0.3) is 10.0 Å². The Morgan fingerprint density at radius 3 is 2.41 bits per heavy atom. The Hall–Kier alpha value is -2.11. The quantitative estimate of drug-likeness (QED) is 0.743. The van der Waals surface area contributed by atoms with Crippen molar-refractivity contribution in [3.63, 3.8) is 0 Å². The van der Waals surface area contributed by atoms with Gasteiger partial charge < -0.3 is 9.72 Å². The summed E-state index contributed by atoms with van der Waals surface area (Å²) in [6.07, 6.45) is 6.04. The SMILES string of the molecule is COc1ccc(S(=O)(=O)N2CCCCCC2)cc1NS(=O)(=O)c1cnc[nH]1. The van der Waals surface area contributed by atoms with Crippen LogP contribution in [0.15, 0.2) is 40.6 Å². The van der Waals surface area contributed by atoms with Gasteiger partial charge in [-0.05, 0) is 31.0 Å². The Bertz CT molecular complexity index is 980. The Labute approximate surface area is 158 Å². The molecule has 2 heterocycles. The lowest BCUT2D eigenvalue weighted by Gasteiger charge is -2.21. The van der Waals surface area contributed by atoms with E-state index >= 15 is 0 Å². The number of imidazole rings is 1. The molecule has 1 saturated heterocycles. The fourth-order valence-electron chi connectivity index (χ4n) is 2.95. The maximum Gasteiger partial charge on any atom is 0.279 e. The minimum atomic E-state index is -3.95. The molecule has 1 aromatic carbocycles. The molecule has 1 aliphatic heterocycles. The zero-order valence-electron chi connectivity index (χ0n) is 14.9. The van der Waals surface area contributed by atoms with Gasteiger partial charge in [0.15, 0.2) is 5.03 Å². The van der Waals surface area contributed by atoms with Gasteiger partial charge in [-0.25, -0.2) is 13.4 Å². The predicted octanol–water partition coefficient (Wildman–Crippen LogP) is 1.78. The lowest BCUT2D eigenvalue weighted by atomic mass is 10.2. The largest absolute Gasteiger partial charge is 0.495 e. The maximum atomic E-state index is 13.0. The molecule has 11 heteroatoms. The monoisotopic (exact) mass is 414 g/mol. The minimum Gasteiger partial charge on any atom is -0.495 e. The van der Waals surface area contributed by atoms with Crippen molar-refractivity contribution in [3.8, 4) is 5.75 Å². The summed E-state index contributed by atoms with van der Waals surface area (Å²) in [6.45, 7) is 0.924. The van der Waals surface area contributed by atoms with Gasteiger partial charge in [-0.2, -0.15) is 12.7 Å². The number of hydrogen-bond donors (Lipinski definition) is 2. The van der Waals surface area contributed by atoms with Crippen molar-refractivity contribution < 1.29 is 21.6 Å². The van der Waals surface area contributed by atoms with E-state index in [-0.39, 0.29) is 21.4 Å². The molecule has 1 fully saturated rings. The Balaban J connectivity index is 1.96. The third-order valence-electron chi connectivity index (χ3n) is 4.38. The average Bonchev–Trinajstić information content (AvgIpc) is 3.05. The Kier molecular flexibility index (Phi) is 5.72. The van der Waals surface area contributed by atoms with E-state index < -0.39 is 20.0 Å². The molecular formula is C16H22N4O5S2. The summed E-state index contributed by atoms with van der Waals surface area (Å²) >= 11 is 0. The van der Waals surface area contributed by atoms with Gasteiger partial charge in [-0.3, -0.25) is 4.72 Å². The molecule has 0 saturated carbocycles. The van der Waals surface area contributed by atoms with Gasteiger partial charge in [-0.15, -0.1) is 0 Å². The van der Waals surface area contributed by atoms with Crippen LogP contribution in [-0.2, 0) is 20.0 Å². The molecule has 0 amide bonds. The smallest absolute Gasteiger partial charge is 0.279 e. The normalized spacial score (nSPS) is 16.6. The van der Waals surface area contributed by atoms with E-state index in [1.165, 1.54) is 35.9 Å². The average molecular weight is 415 g/mol. The van der Waals surface area contributed by atoms with Gasteiger partial charge in [0.05, 0.1) is 30.2 Å². The van der Waals surface area contributed by atoms with Crippen LogP contribution in [0.25, 0.3) is 0 Å². The number of nitrogens with one attached hydrogen (secondary N) is 2. The molecule has 9 nitrogen and oxygen atoms in total. The maximum absolute atomic E-state index is 13.0. The summed E-state index contributed by atoms with van der Waals surface area (Å²) in [7, 11) is -6.29. The summed E-state index contributed by atoms with van der Waals surface area (Å²) in [5, 5.41) is -0.134. The molecule has 1 aliphatic rings. The standard InChI is InChI=1S/C16H22N4O5S2/c1-25-15-7-6-13(27(23,24)20-8-4-2-3-5-9-20)10-14(15)19-26(21,22)16-11-17-12-18-16/h6-7,10-12,19H,2-5,8-9H2,1H3,(H,17,18). The summed E-state index contributed by atoms with van der Waals surface area (Å²) in [6, 6.07) is 4.15. The zero-order chi connectivity index (χ0) is 19.5.